The average molecular weight is 225 g/mol. The van der Waals surface area contributed by atoms with Crippen LogP contribution in [0.3, 0.4) is 0 Å². The minimum absolute atomic E-state index is 0.568. The second-order valence-electron chi connectivity index (χ2n) is 4.16. The summed E-state index contributed by atoms with van der Waals surface area (Å²) in [4.78, 5) is 1.43. The van der Waals surface area contributed by atoms with Crippen LogP contribution in [0.25, 0.3) is 0 Å². The van der Waals surface area contributed by atoms with Crippen LogP contribution < -0.4 is 10.1 Å². The molecule has 1 saturated carbocycles. The van der Waals surface area contributed by atoms with Gasteiger partial charge in [0, 0.05) is 16.3 Å². The predicted molar refractivity (Wildman–Crippen MR) is 64.6 cm³/mol. The summed E-state index contributed by atoms with van der Waals surface area (Å²) < 4.78 is 5.23. The molecule has 0 amide bonds. The highest BCUT2D eigenvalue weighted by atomic mass is 32.1. The second kappa shape index (κ2) is 4.99. The van der Waals surface area contributed by atoms with Gasteiger partial charge in [-0.3, -0.25) is 0 Å². The molecule has 1 aliphatic carbocycles. The Labute approximate surface area is 95.6 Å². The van der Waals surface area contributed by atoms with E-state index in [0.29, 0.717) is 6.04 Å². The van der Waals surface area contributed by atoms with E-state index >= 15 is 0 Å². The first kappa shape index (κ1) is 11.0. The van der Waals surface area contributed by atoms with Crippen molar-refractivity contribution < 1.29 is 4.74 Å². The van der Waals surface area contributed by atoms with Crippen molar-refractivity contribution in [2.24, 2.45) is 5.92 Å². The minimum atomic E-state index is 0.568. The summed E-state index contributed by atoms with van der Waals surface area (Å²) in [6.07, 6.45) is 3.95. The van der Waals surface area contributed by atoms with E-state index < -0.39 is 0 Å². The molecule has 1 aromatic rings. The Bertz CT molecular complexity index is 306. The normalized spacial score (nSPS) is 17.7. The fourth-order valence-electron chi connectivity index (χ4n) is 1.83. The Morgan fingerprint density at radius 1 is 1.60 bits per heavy atom. The SMILES string of the molecule is CCCNC(c1cc(OC)cs1)C1CC1. The van der Waals surface area contributed by atoms with E-state index in [-0.39, 0.29) is 0 Å². The lowest BCUT2D eigenvalue weighted by Crippen LogP contribution is -2.22. The van der Waals surface area contributed by atoms with E-state index in [0.717, 1.165) is 18.2 Å². The molecule has 1 N–H and O–H groups in total. The maximum Gasteiger partial charge on any atom is 0.129 e. The molecule has 0 radical (unpaired) electrons. The number of nitrogens with one attached hydrogen (secondary N) is 1. The topological polar surface area (TPSA) is 21.3 Å². The second-order valence-corrected chi connectivity index (χ2v) is 5.10. The standard InChI is InChI=1S/C12H19NOS/c1-3-6-13-12(9-4-5-9)11-7-10(14-2)8-15-11/h7-9,12-13H,3-6H2,1-2H3. The molecular weight excluding hydrogens is 206 g/mol. The van der Waals surface area contributed by atoms with Crippen molar-refractivity contribution in [3.05, 3.63) is 16.3 Å². The van der Waals surface area contributed by atoms with Crippen molar-refractivity contribution in [1.82, 2.24) is 5.32 Å². The molecule has 1 atom stereocenters. The fourth-order valence-corrected chi connectivity index (χ4v) is 2.86. The van der Waals surface area contributed by atoms with Crippen LogP contribution in [0.4, 0.5) is 0 Å². The third-order valence-electron chi connectivity index (χ3n) is 2.85. The van der Waals surface area contributed by atoms with Gasteiger partial charge in [-0.05, 0) is 37.8 Å². The molecule has 0 aliphatic heterocycles. The van der Waals surface area contributed by atoms with Crippen molar-refractivity contribution in [3.8, 4) is 5.75 Å². The summed E-state index contributed by atoms with van der Waals surface area (Å²) in [6.45, 7) is 3.33. The maximum atomic E-state index is 5.23. The molecule has 3 heteroatoms. The molecule has 1 fully saturated rings. The fraction of sp³-hybridized carbons (Fsp3) is 0.667. The number of rotatable bonds is 6. The van der Waals surface area contributed by atoms with Gasteiger partial charge >= 0.3 is 0 Å². The summed E-state index contributed by atoms with van der Waals surface area (Å²) in [5, 5.41) is 5.74. The first-order chi connectivity index (χ1) is 7.35. The van der Waals surface area contributed by atoms with E-state index in [9.17, 15) is 0 Å². The Hall–Kier alpha value is -0.540. The van der Waals surface area contributed by atoms with Gasteiger partial charge in [0.2, 0.25) is 0 Å². The first-order valence-corrected chi connectivity index (χ1v) is 6.59. The minimum Gasteiger partial charge on any atom is -0.496 e. The van der Waals surface area contributed by atoms with Gasteiger partial charge in [0.1, 0.15) is 5.75 Å². The zero-order chi connectivity index (χ0) is 10.7. The van der Waals surface area contributed by atoms with Crippen molar-refractivity contribution in [1.29, 1.82) is 0 Å². The van der Waals surface area contributed by atoms with Crippen LogP contribution in [0.1, 0.15) is 37.1 Å². The van der Waals surface area contributed by atoms with Crippen LogP contribution >= 0.6 is 11.3 Å². The number of ether oxygens (including phenoxy) is 1. The van der Waals surface area contributed by atoms with Gasteiger partial charge in [0.15, 0.2) is 0 Å². The van der Waals surface area contributed by atoms with Gasteiger partial charge in [-0.2, -0.15) is 0 Å². The summed E-state index contributed by atoms with van der Waals surface area (Å²) in [7, 11) is 1.73. The van der Waals surface area contributed by atoms with Crippen LogP contribution in [0.5, 0.6) is 5.75 Å². The molecule has 15 heavy (non-hydrogen) atoms. The highest BCUT2D eigenvalue weighted by Gasteiger charge is 2.32. The lowest BCUT2D eigenvalue weighted by molar-refractivity contribution is 0.415. The zero-order valence-corrected chi connectivity index (χ0v) is 10.3. The van der Waals surface area contributed by atoms with Gasteiger partial charge in [0.25, 0.3) is 0 Å². The van der Waals surface area contributed by atoms with E-state index in [4.69, 9.17) is 4.74 Å². The molecule has 0 aromatic carbocycles. The summed E-state index contributed by atoms with van der Waals surface area (Å²) in [5.74, 6) is 1.86. The van der Waals surface area contributed by atoms with E-state index in [1.807, 2.05) is 11.3 Å². The monoisotopic (exact) mass is 225 g/mol. The molecule has 0 saturated heterocycles. The number of thiophene rings is 1. The Balaban J connectivity index is 2.02. The van der Waals surface area contributed by atoms with Gasteiger partial charge in [-0.1, -0.05) is 6.92 Å². The van der Waals surface area contributed by atoms with Crippen molar-refractivity contribution in [2.75, 3.05) is 13.7 Å². The van der Waals surface area contributed by atoms with Gasteiger partial charge in [0.05, 0.1) is 7.11 Å². The molecule has 2 nitrogen and oxygen atoms in total. The number of hydrogen-bond acceptors (Lipinski definition) is 3. The molecule has 1 aromatic heterocycles. The predicted octanol–water partition coefficient (Wildman–Crippen LogP) is 3.21. The zero-order valence-electron chi connectivity index (χ0n) is 9.45. The van der Waals surface area contributed by atoms with Crippen molar-refractivity contribution >= 4 is 11.3 Å². The Morgan fingerprint density at radius 2 is 2.40 bits per heavy atom. The van der Waals surface area contributed by atoms with Crippen LogP contribution in [0.2, 0.25) is 0 Å². The van der Waals surface area contributed by atoms with Gasteiger partial charge < -0.3 is 10.1 Å². The molecule has 1 aliphatic rings. The Kier molecular flexibility index (Phi) is 3.65. The number of hydrogen-bond donors (Lipinski definition) is 1. The number of methoxy groups -OCH3 is 1. The van der Waals surface area contributed by atoms with Gasteiger partial charge in [-0.15, -0.1) is 11.3 Å². The first-order valence-electron chi connectivity index (χ1n) is 5.71. The smallest absolute Gasteiger partial charge is 0.129 e. The van der Waals surface area contributed by atoms with Crippen LogP contribution in [-0.4, -0.2) is 13.7 Å². The molecular formula is C12H19NOS. The average Bonchev–Trinajstić information content (AvgIpc) is 2.97. The quantitative estimate of drug-likeness (QED) is 0.802. The summed E-state index contributed by atoms with van der Waals surface area (Å²) in [6, 6.07) is 2.75. The van der Waals surface area contributed by atoms with Crippen molar-refractivity contribution in [3.63, 3.8) is 0 Å². The van der Waals surface area contributed by atoms with Crippen LogP contribution in [0, 0.1) is 5.92 Å². The highest BCUT2D eigenvalue weighted by molar-refractivity contribution is 7.10. The maximum absolute atomic E-state index is 5.23. The lowest BCUT2D eigenvalue weighted by atomic mass is 10.1. The Morgan fingerprint density at radius 3 is 2.93 bits per heavy atom. The van der Waals surface area contributed by atoms with Gasteiger partial charge in [-0.25, -0.2) is 0 Å². The third kappa shape index (κ3) is 2.73. The molecule has 84 valence electrons. The summed E-state index contributed by atoms with van der Waals surface area (Å²) in [5.41, 5.74) is 0. The van der Waals surface area contributed by atoms with Crippen LogP contribution in [0.15, 0.2) is 11.4 Å². The molecule has 1 unspecified atom stereocenters. The van der Waals surface area contributed by atoms with Crippen LogP contribution in [-0.2, 0) is 0 Å². The van der Waals surface area contributed by atoms with E-state index in [1.165, 1.54) is 24.1 Å². The summed E-state index contributed by atoms with van der Waals surface area (Å²) >= 11 is 1.81. The van der Waals surface area contributed by atoms with E-state index in [2.05, 4.69) is 23.7 Å². The third-order valence-corrected chi connectivity index (χ3v) is 3.84. The van der Waals surface area contributed by atoms with Crippen molar-refractivity contribution in [2.45, 2.75) is 32.2 Å². The molecule has 1 heterocycles. The molecule has 0 bridgehead atoms. The molecule has 2 rings (SSSR count). The largest absolute Gasteiger partial charge is 0.496 e. The lowest BCUT2D eigenvalue weighted by Gasteiger charge is -2.15. The highest BCUT2D eigenvalue weighted by Crippen LogP contribution is 2.43. The van der Waals surface area contributed by atoms with E-state index in [1.54, 1.807) is 7.11 Å². The molecule has 0 spiro atoms.